The van der Waals surface area contributed by atoms with Gasteiger partial charge in [-0.05, 0) is 18.9 Å². The maximum absolute atomic E-state index is 12.4. The van der Waals surface area contributed by atoms with E-state index in [0.717, 1.165) is 12.0 Å². The highest BCUT2D eigenvalue weighted by atomic mass is 16.5. The van der Waals surface area contributed by atoms with Gasteiger partial charge in [-0.2, -0.15) is 0 Å². The van der Waals surface area contributed by atoms with Gasteiger partial charge in [-0.3, -0.25) is 9.59 Å². The number of carbonyl (C=O) groups excluding carboxylic acids is 2. The van der Waals surface area contributed by atoms with Gasteiger partial charge in [0.15, 0.2) is 5.75 Å². The van der Waals surface area contributed by atoms with E-state index in [1.54, 1.807) is 6.07 Å². The SMILES string of the molecule is CNC(=O)c1[nH]c(C(=O)N[C@@H]2CCOC2)cc1O[C@H](C)c1ccccc1. The third-order valence-corrected chi connectivity index (χ3v) is 4.32. The standard InChI is InChI=1S/C19H23N3O4/c1-12(13-6-4-3-5-7-13)26-16-10-15(22-17(16)19(24)20-2)18(23)21-14-8-9-25-11-14/h3-7,10,12,14,22H,8-9,11H2,1-2H3,(H,20,24)(H,21,23)/t12-,14-/m1/s1. The first-order chi connectivity index (χ1) is 12.6. The zero-order chi connectivity index (χ0) is 18.5. The molecular weight excluding hydrogens is 334 g/mol. The second-order valence-corrected chi connectivity index (χ2v) is 6.21. The quantitative estimate of drug-likeness (QED) is 0.738. The van der Waals surface area contributed by atoms with Crippen molar-refractivity contribution in [2.75, 3.05) is 20.3 Å². The molecule has 0 spiro atoms. The molecular formula is C19H23N3O4. The molecule has 2 atom stereocenters. The van der Waals surface area contributed by atoms with Gasteiger partial charge in [0, 0.05) is 19.7 Å². The average Bonchev–Trinajstić information content (AvgIpc) is 3.31. The molecule has 0 bridgehead atoms. The number of rotatable bonds is 6. The van der Waals surface area contributed by atoms with Crippen LogP contribution in [0.2, 0.25) is 0 Å². The molecule has 7 nitrogen and oxygen atoms in total. The van der Waals surface area contributed by atoms with Crippen LogP contribution < -0.4 is 15.4 Å². The molecule has 2 heterocycles. The molecule has 0 unspecified atom stereocenters. The predicted molar refractivity (Wildman–Crippen MR) is 96.4 cm³/mol. The van der Waals surface area contributed by atoms with Crippen molar-refractivity contribution in [1.29, 1.82) is 0 Å². The van der Waals surface area contributed by atoms with E-state index in [9.17, 15) is 9.59 Å². The second kappa shape index (κ2) is 8.05. The molecule has 1 fully saturated rings. The lowest BCUT2D eigenvalue weighted by atomic mass is 10.1. The van der Waals surface area contributed by atoms with Crippen molar-refractivity contribution in [2.24, 2.45) is 0 Å². The van der Waals surface area contributed by atoms with Crippen LogP contribution in [-0.2, 0) is 4.74 Å². The summed E-state index contributed by atoms with van der Waals surface area (Å²) in [6, 6.07) is 11.2. The van der Waals surface area contributed by atoms with Gasteiger partial charge < -0.3 is 25.1 Å². The third kappa shape index (κ3) is 4.05. The van der Waals surface area contributed by atoms with Gasteiger partial charge in [-0.1, -0.05) is 30.3 Å². The molecule has 1 aromatic carbocycles. The van der Waals surface area contributed by atoms with Crippen LogP contribution in [0.15, 0.2) is 36.4 Å². The van der Waals surface area contributed by atoms with Crippen LogP contribution in [0.5, 0.6) is 5.75 Å². The molecule has 1 saturated heterocycles. The van der Waals surface area contributed by atoms with Gasteiger partial charge in [-0.15, -0.1) is 0 Å². The van der Waals surface area contributed by atoms with Crippen LogP contribution in [0, 0.1) is 0 Å². The Morgan fingerprint density at radius 1 is 1.27 bits per heavy atom. The molecule has 0 saturated carbocycles. The van der Waals surface area contributed by atoms with E-state index in [4.69, 9.17) is 9.47 Å². The Bertz CT molecular complexity index is 766. The molecule has 2 aromatic rings. The number of H-pyrrole nitrogens is 1. The number of carbonyl (C=O) groups is 2. The monoisotopic (exact) mass is 357 g/mol. The lowest BCUT2D eigenvalue weighted by Gasteiger charge is -2.14. The Labute approximate surface area is 152 Å². The number of hydrogen-bond donors (Lipinski definition) is 3. The minimum Gasteiger partial charge on any atom is -0.484 e. The molecule has 3 rings (SSSR count). The van der Waals surface area contributed by atoms with E-state index in [2.05, 4.69) is 15.6 Å². The average molecular weight is 357 g/mol. The van der Waals surface area contributed by atoms with Gasteiger partial charge in [0.05, 0.1) is 12.6 Å². The summed E-state index contributed by atoms with van der Waals surface area (Å²) in [6.07, 6.45) is 0.512. The first kappa shape index (κ1) is 18.0. The Morgan fingerprint density at radius 2 is 2.04 bits per heavy atom. The summed E-state index contributed by atoms with van der Waals surface area (Å²) in [4.78, 5) is 27.5. The minimum atomic E-state index is -0.344. The maximum Gasteiger partial charge on any atom is 0.271 e. The zero-order valence-electron chi connectivity index (χ0n) is 14.9. The summed E-state index contributed by atoms with van der Waals surface area (Å²) in [7, 11) is 1.53. The summed E-state index contributed by atoms with van der Waals surface area (Å²) in [6.45, 7) is 3.04. The van der Waals surface area contributed by atoms with Crippen molar-refractivity contribution in [2.45, 2.75) is 25.5 Å². The molecule has 1 aliphatic rings. The summed E-state index contributed by atoms with van der Waals surface area (Å²) in [5, 5.41) is 5.45. The number of aromatic amines is 1. The molecule has 1 aromatic heterocycles. The first-order valence-electron chi connectivity index (χ1n) is 8.63. The second-order valence-electron chi connectivity index (χ2n) is 6.21. The highest BCUT2D eigenvalue weighted by Crippen LogP contribution is 2.26. The molecule has 138 valence electrons. The topological polar surface area (TPSA) is 92.5 Å². The summed E-state index contributed by atoms with van der Waals surface area (Å²) < 4.78 is 11.2. The van der Waals surface area contributed by atoms with Crippen LogP contribution in [-0.4, -0.2) is 43.1 Å². The Hall–Kier alpha value is -2.80. The van der Waals surface area contributed by atoms with Crippen LogP contribution in [0.1, 0.15) is 46.0 Å². The van der Waals surface area contributed by atoms with Gasteiger partial charge in [0.2, 0.25) is 0 Å². The molecule has 0 aliphatic carbocycles. The number of aromatic nitrogens is 1. The molecule has 26 heavy (non-hydrogen) atoms. The molecule has 1 aliphatic heterocycles. The largest absolute Gasteiger partial charge is 0.484 e. The van der Waals surface area contributed by atoms with Gasteiger partial charge >= 0.3 is 0 Å². The van der Waals surface area contributed by atoms with E-state index in [0.29, 0.717) is 19.0 Å². The van der Waals surface area contributed by atoms with Crippen LogP contribution in [0.4, 0.5) is 0 Å². The van der Waals surface area contributed by atoms with Crippen molar-refractivity contribution < 1.29 is 19.1 Å². The van der Waals surface area contributed by atoms with Crippen LogP contribution in [0.3, 0.4) is 0 Å². The van der Waals surface area contributed by atoms with Crippen LogP contribution >= 0.6 is 0 Å². The third-order valence-electron chi connectivity index (χ3n) is 4.32. The van der Waals surface area contributed by atoms with E-state index in [1.165, 1.54) is 7.05 Å². The van der Waals surface area contributed by atoms with E-state index in [-0.39, 0.29) is 35.3 Å². The lowest BCUT2D eigenvalue weighted by molar-refractivity contribution is 0.0925. The van der Waals surface area contributed by atoms with Crippen molar-refractivity contribution in [3.05, 3.63) is 53.3 Å². The van der Waals surface area contributed by atoms with E-state index < -0.39 is 0 Å². The van der Waals surface area contributed by atoms with Gasteiger partial charge in [-0.25, -0.2) is 0 Å². The van der Waals surface area contributed by atoms with Crippen molar-refractivity contribution in [1.82, 2.24) is 15.6 Å². The highest BCUT2D eigenvalue weighted by Gasteiger charge is 2.24. The first-order valence-corrected chi connectivity index (χ1v) is 8.63. The number of ether oxygens (including phenoxy) is 2. The zero-order valence-corrected chi connectivity index (χ0v) is 14.9. The normalized spacial score (nSPS) is 17.5. The summed E-state index contributed by atoms with van der Waals surface area (Å²) >= 11 is 0. The summed E-state index contributed by atoms with van der Waals surface area (Å²) in [5.74, 6) is -0.287. The van der Waals surface area contributed by atoms with E-state index >= 15 is 0 Å². The maximum atomic E-state index is 12.4. The molecule has 2 amide bonds. The number of benzene rings is 1. The van der Waals surface area contributed by atoms with Crippen molar-refractivity contribution in [3.63, 3.8) is 0 Å². The fourth-order valence-electron chi connectivity index (χ4n) is 2.84. The van der Waals surface area contributed by atoms with Gasteiger partial charge in [0.25, 0.3) is 11.8 Å². The number of nitrogens with one attached hydrogen (secondary N) is 3. The fraction of sp³-hybridized carbons (Fsp3) is 0.368. The molecule has 7 heteroatoms. The van der Waals surface area contributed by atoms with Crippen LogP contribution in [0.25, 0.3) is 0 Å². The predicted octanol–water partition coefficient (Wildman–Crippen LogP) is 2.03. The number of hydrogen-bond acceptors (Lipinski definition) is 4. The van der Waals surface area contributed by atoms with Gasteiger partial charge in [0.1, 0.15) is 17.5 Å². The van der Waals surface area contributed by atoms with E-state index in [1.807, 2.05) is 37.3 Å². The highest BCUT2D eigenvalue weighted by molar-refractivity contribution is 5.99. The Kier molecular flexibility index (Phi) is 5.58. The Morgan fingerprint density at radius 3 is 2.69 bits per heavy atom. The Balaban J connectivity index is 1.80. The van der Waals surface area contributed by atoms with Crippen molar-refractivity contribution in [3.8, 4) is 5.75 Å². The van der Waals surface area contributed by atoms with Crippen molar-refractivity contribution >= 4 is 11.8 Å². The minimum absolute atomic E-state index is 0.0122. The number of amides is 2. The summed E-state index contributed by atoms with van der Waals surface area (Å²) in [5.41, 5.74) is 1.49. The fourth-order valence-corrected chi connectivity index (χ4v) is 2.84. The molecule has 0 radical (unpaired) electrons. The smallest absolute Gasteiger partial charge is 0.271 e. The molecule has 3 N–H and O–H groups in total. The lowest BCUT2D eigenvalue weighted by Crippen LogP contribution is -2.35.